The summed E-state index contributed by atoms with van der Waals surface area (Å²) in [5.41, 5.74) is -0.930. The fourth-order valence-electron chi connectivity index (χ4n) is 9.48. The second-order valence-electron chi connectivity index (χ2n) is 16.4. The van der Waals surface area contributed by atoms with Crippen LogP contribution in [0.4, 0.5) is 28.2 Å². The maximum absolute atomic E-state index is 17.6. The number of hydrogen-bond acceptors (Lipinski definition) is 12. The number of carbonyl (C=O) groups excluding carboxylic acids is 2. The number of nitrogens with zero attached hydrogens (tertiary/aromatic N) is 7. The average molecular weight is 815 g/mol. The number of aromatic nitrogens is 5. The van der Waals surface area contributed by atoms with Crippen LogP contribution in [0.3, 0.4) is 0 Å². The fraction of sp³-hybridized carbons (Fsp3) is 0.452. The summed E-state index contributed by atoms with van der Waals surface area (Å²) in [7, 11) is 0. The Hall–Kier alpha value is -5.71. The molecule has 8 heterocycles. The SMILES string of the molecule is Cc1ncnc(C)c1C(=O)Oc1cc2c3c(c(F)ccc3c1)CCCOC(=O)N[C@]1(C)C[C@@H](F)CN(C1)c1nc(OC[C@@]34CCCN3C[C@H](F)C4)nc3c(F)c-2ncc13. The molecule has 0 aliphatic carbocycles. The third-order valence-electron chi connectivity index (χ3n) is 12.1. The number of nitrogens with one attached hydrogen (secondary N) is 1. The Balaban J connectivity index is 1.23. The van der Waals surface area contributed by atoms with Crippen LogP contribution in [0, 0.1) is 25.5 Å². The van der Waals surface area contributed by atoms with Gasteiger partial charge in [-0.1, -0.05) is 6.07 Å². The number of esters is 1. The molecule has 4 atom stereocenters. The van der Waals surface area contributed by atoms with E-state index in [2.05, 4.69) is 30.2 Å². The number of hydrogen-bond donors (Lipinski definition) is 1. The van der Waals surface area contributed by atoms with Crippen LogP contribution in [-0.4, -0.2) is 105 Å². The van der Waals surface area contributed by atoms with Gasteiger partial charge in [0.25, 0.3) is 0 Å². The van der Waals surface area contributed by atoms with Crippen molar-refractivity contribution in [2.45, 2.75) is 82.7 Å². The zero-order chi connectivity index (χ0) is 41.2. The van der Waals surface area contributed by atoms with Crippen LogP contribution in [0.2, 0.25) is 0 Å². The second kappa shape index (κ2) is 14.8. The van der Waals surface area contributed by atoms with Crippen molar-refractivity contribution < 1.29 is 41.4 Å². The molecular formula is C42H42F4N8O5. The summed E-state index contributed by atoms with van der Waals surface area (Å²) in [4.78, 5) is 52.5. The molecule has 2 aromatic carbocycles. The monoisotopic (exact) mass is 814 g/mol. The standard InChI is InChI=1S/C42H42F4N8O5/c1-22-32(23(2)49-21-48-22)38(55)59-27-12-24-7-8-31(45)28-6-4-11-57-40(56)52-41(3)14-25(43)17-53(19-41)37-30-16-47-35(29(13-27)33(24)28)34(46)36(30)50-39(51-37)58-20-42-9-5-10-54(42)18-26(44)15-42/h7-8,12-13,16,21,25-26H,4-6,9-11,14-15,17-20H2,1-3H3,(H,52,56)/t25-,26-,41-,42+/m1/s1. The molecule has 13 nitrogen and oxygen atoms in total. The molecule has 17 heteroatoms. The van der Waals surface area contributed by atoms with E-state index in [-0.39, 0.29) is 103 Å². The summed E-state index contributed by atoms with van der Waals surface area (Å²) >= 11 is 0. The molecule has 0 radical (unpaired) electrons. The molecule has 5 aromatic rings. The highest BCUT2D eigenvalue weighted by Gasteiger charge is 2.49. The van der Waals surface area contributed by atoms with Gasteiger partial charge in [0.1, 0.15) is 59.4 Å². The highest BCUT2D eigenvalue weighted by Crippen LogP contribution is 2.43. The van der Waals surface area contributed by atoms with Gasteiger partial charge >= 0.3 is 18.1 Å². The van der Waals surface area contributed by atoms with Crippen LogP contribution in [-0.2, 0) is 11.2 Å². The van der Waals surface area contributed by atoms with Crippen LogP contribution in [0.5, 0.6) is 11.8 Å². The van der Waals surface area contributed by atoms with Crippen molar-refractivity contribution in [3.8, 4) is 23.0 Å². The average Bonchev–Trinajstić information content (AvgIpc) is 3.71. The first-order valence-electron chi connectivity index (χ1n) is 19.8. The molecule has 1 N–H and O–H groups in total. The lowest BCUT2D eigenvalue weighted by Gasteiger charge is -2.42. The third kappa shape index (κ3) is 7.12. The molecule has 59 heavy (non-hydrogen) atoms. The molecule has 3 fully saturated rings. The molecular weight excluding hydrogens is 773 g/mol. The molecule has 10 rings (SSSR count). The predicted molar refractivity (Wildman–Crippen MR) is 208 cm³/mol. The number of halogens is 4. The molecule has 0 spiro atoms. The minimum atomic E-state index is -1.43. The largest absolute Gasteiger partial charge is 0.461 e. The zero-order valence-electron chi connectivity index (χ0n) is 32.8. The first kappa shape index (κ1) is 38.8. The van der Waals surface area contributed by atoms with E-state index < -0.39 is 47.1 Å². The summed E-state index contributed by atoms with van der Waals surface area (Å²) in [5.74, 6) is -2.13. The van der Waals surface area contributed by atoms with Crippen molar-refractivity contribution in [3.63, 3.8) is 0 Å². The summed E-state index contributed by atoms with van der Waals surface area (Å²) in [6.07, 6.45) is 1.54. The van der Waals surface area contributed by atoms with Gasteiger partial charge in [0.15, 0.2) is 5.82 Å². The number of anilines is 1. The van der Waals surface area contributed by atoms with Crippen LogP contribution >= 0.6 is 0 Å². The second-order valence-corrected chi connectivity index (χ2v) is 16.4. The topological polar surface area (TPSA) is 145 Å². The number of rotatable bonds is 5. The van der Waals surface area contributed by atoms with Crippen molar-refractivity contribution >= 4 is 39.6 Å². The van der Waals surface area contributed by atoms with Crippen molar-refractivity contribution in [1.29, 1.82) is 0 Å². The molecule has 0 unspecified atom stereocenters. The van der Waals surface area contributed by atoms with E-state index in [0.29, 0.717) is 35.1 Å². The van der Waals surface area contributed by atoms with Crippen molar-refractivity contribution in [2.24, 2.45) is 0 Å². The number of aryl methyl sites for hydroxylation is 3. The van der Waals surface area contributed by atoms with E-state index in [1.807, 2.05) is 0 Å². The van der Waals surface area contributed by atoms with Crippen molar-refractivity contribution in [3.05, 3.63) is 70.9 Å². The van der Waals surface area contributed by atoms with Gasteiger partial charge in [-0.3, -0.25) is 9.88 Å². The lowest BCUT2D eigenvalue weighted by atomic mass is 9.90. The first-order chi connectivity index (χ1) is 28.3. The van der Waals surface area contributed by atoms with Crippen molar-refractivity contribution in [2.75, 3.05) is 44.3 Å². The zero-order valence-corrected chi connectivity index (χ0v) is 32.8. The number of alkyl carbamates (subject to hydrolysis) is 1. The summed E-state index contributed by atoms with van der Waals surface area (Å²) in [6.45, 7) is 5.86. The number of pyridine rings is 1. The maximum Gasteiger partial charge on any atom is 0.407 e. The molecule has 6 bridgehead atoms. The number of carbonyl (C=O) groups is 2. The quantitative estimate of drug-likeness (QED) is 0.115. The number of fused-ring (bicyclic) bond motifs is 7. The molecule has 3 saturated heterocycles. The lowest BCUT2D eigenvalue weighted by molar-refractivity contribution is 0.0732. The van der Waals surface area contributed by atoms with Crippen LogP contribution in [0.25, 0.3) is 32.9 Å². The normalized spacial score (nSPS) is 24.6. The van der Waals surface area contributed by atoms with Gasteiger partial charge in [-0.25, -0.2) is 37.1 Å². The molecule has 0 saturated carbocycles. The molecule has 5 aliphatic heterocycles. The Morgan fingerprint density at radius 2 is 1.83 bits per heavy atom. The van der Waals surface area contributed by atoms with E-state index in [0.717, 1.165) is 13.0 Å². The molecule has 1 amide bonds. The van der Waals surface area contributed by atoms with E-state index in [1.165, 1.54) is 30.7 Å². The fourth-order valence-corrected chi connectivity index (χ4v) is 9.48. The Labute approximate surface area is 336 Å². The minimum Gasteiger partial charge on any atom is -0.461 e. The van der Waals surface area contributed by atoms with Gasteiger partial charge < -0.3 is 24.4 Å². The van der Waals surface area contributed by atoms with Gasteiger partial charge in [0, 0.05) is 37.7 Å². The predicted octanol–water partition coefficient (Wildman–Crippen LogP) is 6.68. The van der Waals surface area contributed by atoms with Gasteiger partial charge in [-0.15, -0.1) is 0 Å². The summed E-state index contributed by atoms with van der Waals surface area (Å²) in [5, 5.41) is 3.64. The van der Waals surface area contributed by atoms with E-state index in [4.69, 9.17) is 19.2 Å². The van der Waals surface area contributed by atoms with E-state index in [9.17, 15) is 14.0 Å². The van der Waals surface area contributed by atoms with Gasteiger partial charge in [-0.05, 0) is 87.5 Å². The molecule has 5 aliphatic rings. The number of alkyl halides is 2. The number of benzene rings is 2. The maximum atomic E-state index is 17.6. The highest BCUT2D eigenvalue weighted by molar-refractivity contribution is 6.03. The molecule has 3 aromatic heterocycles. The Bertz CT molecular complexity index is 2510. The lowest BCUT2D eigenvalue weighted by Crippen LogP contribution is -2.60. The summed E-state index contributed by atoms with van der Waals surface area (Å²) < 4.78 is 81.5. The van der Waals surface area contributed by atoms with E-state index >= 15 is 13.2 Å². The Kier molecular flexibility index (Phi) is 9.75. The third-order valence-corrected chi connectivity index (χ3v) is 12.1. The van der Waals surface area contributed by atoms with E-state index in [1.54, 1.807) is 31.7 Å². The first-order valence-corrected chi connectivity index (χ1v) is 19.8. The van der Waals surface area contributed by atoms with Crippen LogP contribution in [0.15, 0.2) is 36.8 Å². The van der Waals surface area contributed by atoms with Crippen LogP contribution < -0.4 is 19.7 Å². The number of ether oxygens (including phenoxy) is 3. The number of piperidine rings is 1. The Morgan fingerprint density at radius 1 is 1.03 bits per heavy atom. The van der Waals surface area contributed by atoms with Gasteiger partial charge in [-0.2, -0.15) is 9.97 Å². The van der Waals surface area contributed by atoms with Gasteiger partial charge in [0.2, 0.25) is 0 Å². The minimum absolute atomic E-state index is 0.0157. The van der Waals surface area contributed by atoms with Crippen molar-refractivity contribution in [1.82, 2.24) is 35.1 Å². The molecule has 308 valence electrons. The van der Waals surface area contributed by atoms with Crippen LogP contribution in [0.1, 0.15) is 66.3 Å². The number of amides is 1. The smallest absolute Gasteiger partial charge is 0.407 e. The summed E-state index contributed by atoms with van der Waals surface area (Å²) in [6, 6.07) is 5.50. The Morgan fingerprint density at radius 3 is 2.64 bits per heavy atom. The van der Waals surface area contributed by atoms with Gasteiger partial charge in [0.05, 0.1) is 41.0 Å². The highest BCUT2D eigenvalue weighted by atomic mass is 19.1.